The molecule has 0 N–H and O–H groups in total. The van der Waals surface area contributed by atoms with Gasteiger partial charge in [0, 0.05) is 51.9 Å². The summed E-state index contributed by atoms with van der Waals surface area (Å²) in [4.78, 5) is 2.35. The van der Waals surface area contributed by atoms with Crippen LogP contribution in [0.5, 0.6) is 0 Å². The van der Waals surface area contributed by atoms with Gasteiger partial charge in [-0.1, -0.05) is 23.8 Å². The summed E-state index contributed by atoms with van der Waals surface area (Å²) in [5.74, 6) is -0.165. The van der Waals surface area contributed by atoms with Crippen molar-refractivity contribution < 1.29 is 27.4 Å². The van der Waals surface area contributed by atoms with Crippen molar-refractivity contribution in [1.29, 1.82) is 0 Å². The standard InChI is InChI=1S/C33H40F3N3O3/c1-40-33(41-2)22-15-17-38(18-16-22)24-11-9-21(10-12-24)30-23(20-28(34)35)6-5-7-25-26(30)13-14-27-31(25)32(36)37-39(27)29-8-3-4-19-42-29/h9-14,22,28-29,33H,3-8,15-20H2,1-2H3. The van der Waals surface area contributed by atoms with Crippen molar-refractivity contribution in [2.45, 2.75) is 76.7 Å². The molecular weight excluding hydrogens is 543 g/mol. The quantitative estimate of drug-likeness (QED) is 0.257. The van der Waals surface area contributed by atoms with Crippen LogP contribution in [0.25, 0.3) is 16.5 Å². The van der Waals surface area contributed by atoms with Crippen molar-refractivity contribution >= 4 is 22.2 Å². The molecule has 2 fully saturated rings. The molecule has 42 heavy (non-hydrogen) atoms. The first-order valence-electron chi connectivity index (χ1n) is 15.2. The molecule has 1 atom stereocenters. The fourth-order valence-corrected chi connectivity index (χ4v) is 7.18. The first kappa shape index (κ1) is 29.2. The molecule has 3 heterocycles. The lowest BCUT2D eigenvalue weighted by molar-refractivity contribution is -0.141. The Hall–Kier alpha value is -2.88. The van der Waals surface area contributed by atoms with Crippen LogP contribution >= 0.6 is 0 Å². The molecule has 0 saturated carbocycles. The molecule has 226 valence electrons. The number of rotatable bonds is 8. The zero-order chi connectivity index (χ0) is 29.2. The average molecular weight is 584 g/mol. The van der Waals surface area contributed by atoms with Gasteiger partial charge >= 0.3 is 0 Å². The second-order valence-corrected chi connectivity index (χ2v) is 11.7. The molecule has 1 unspecified atom stereocenters. The summed E-state index contributed by atoms with van der Waals surface area (Å²) in [6, 6.07) is 12.1. The lowest BCUT2D eigenvalue weighted by Crippen LogP contribution is -2.39. The summed E-state index contributed by atoms with van der Waals surface area (Å²) in [6.45, 7) is 2.42. The van der Waals surface area contributed by atoms with Crippen molar-refractivity contribution in [2.75, 3.05) is 38.8 Å². The van der Waals surface area contributed by atoms with Gasteiger partial charge < -0.3 is 19.1 Å². The van der Waals surface area contributed by atoms with E-state index in [-0.39, 0.29) is 18.9 Å². The van der Waals surface area contributed by atoms with Gasteiger partial charge in [-0.25, -0.2) is 13.5 Å². The molecule has 0 spiro atoms. The molecule has 0 radical (unpaired) electrons. The van der Waals surface area contributed by atoms with Crippen molar-refractivity contribution in [1.82, 2.24) is 9.78 Å². The number of aromatic nitrogens is 2. The van der Waals surface area contributed by atoms with E-state index in [0.717, 1.165) is 78.7 Å². The van der Waals surface area contributed by atoms with Crippen LogP contribution in [0.15, 0.2) is 42.0 Å². The van der Waals surface area contributed by atoms with Crippen molar-refractivity contribution in [3.8, 4) is 0 Å². The predicted molar refractivity (Wildman–Crippen MR) is 157 cm³/mol. The molecule has 9 heteroatoms. The highest BCUT2D eigenvalue weighted by Gasteiger charge is 2.29. The molecule has 3 aromatic rings. The van der Waals surface area contributed by atoms with Gasteiger partial charge in [0.25, 0.3) is 0 Å². The van der Waals surface area contributed by atoms with Crippen LogP contribution in [0.2, 0.25) is 0 Å². The second kappa shape index (κ2) is 12.8. The van der Waals surface area contributed by atoms with Gasteiger partial charge in [-0.3, -0.25) is 0 Å². The Morgan fingerprint density at radius 2 is 1.71 bits per heavy atom. The van der Waals surface area contributed by atoms with Crippen LogP contribution in [0, 0.1) is 11.9 Å². The van der Waals surface area contributed by atoms with E-state index in [1.54, 1.807) is 18.9 Å². The Bertz CT molecular complexity index is 1400. The van der Waals surface area contributed by atoms with E-state index in [1.807, 2.05) is 24.3 Å². The molecule has 2 aromatic carbocycles. The monoisotopic (exact) mass is 583 g/mol. The molecule has 2 saturated heterocycles. The molecular formula is C33H40F3N3O3. The summed E-state index contributed by atoms with van der Waals surface area (Å²) in [5.41, 5.74) is 5.90. The molecule has 0 amide bonds. The van der Waals surface area contributed by atoms with E-state index in [4.69, 9.17) is 14.2 Å². The summed E-state index contributed by atoms with van der Waals surface area (Å²) in [7, 11) is 3.36. The summed E-state index contributed by atoms with van der Waals surface area (Å²) < 4.78 is 61.8. The number of nitrogens with zero attached hydrogens (tertiary/aromatic N) is 3. The third-order valence-electron chi connectivity index (χ3n) is 9.21. The highest BCUT2D eigenvalue weighted by atomic mass is 19.3. The number of allylic oxidation sites excluding steroid dienone is 1. The number of methoxy groups -OCH3 is 2. The number of alkyl halides is 2. The molecule has 1 aliphatic carbocycles. The van der Waals surface area contributed by atoms with Crippen LogP contribution < -0.4 is 4.90 Å². The maximum atomic E-state index is 15.6. The third-order valence-corrected chi connectivity index (χ3v) is 9.21. The van der Waals surface area contributed by atoms with Crippen molar-refractivity contribution in [2.24, 2.45) is 5.92 Å². The fourth-order valence-electron chi connectivity index (χ4n) is 7.18. The molecule has 0 bridgehead atoms. The van der Waals surface area contributed by atoms with E-state index < -0.39 is 12.4 Å². The minimum atomic E-state index is -2.45. The third kappa shape index (κ3) is 5.71. The Balaban J connectivity index is 1.35. The lowest BCUT2D eigenvalue weighted by atomic mass is 9.88. The zero-order valence-electron chi connectivity index (χ0n) is 24.5. The summed E-state index contributed by atoms with van der Waals surface area (Å²) in [5, 5.41) is 4.76. The van der Waals surface area contributed by atoms with Crippen LogP contribution in [-0.4, -0.2) is 56.4 Å². The largest absolute Gasteiger partial charge is 0.372 e. The smallest absolute Gasteiger partial charge is 0.242 e. The number of anilines is 1. The Morgan fingerprint density at radius 1 is 0.952 bits per heavy atom. The van der Waals surface area contributed by atoms with E-state index in [2.05, 4.69) is 22.1 Å². The molecule has 6 nitrogen and oxygen atoms in total. The highest BCUT2D eigenvalue weighted by molar-refractivity contribution is 5.93. The van der Waals surface area contributed by atoms with Gasteiger partial charge in [0.2, 0.25) is 12.4 Å². The van der Waals surface area contributed by atoms with Crippen LogP contribution in [0.1, 0.15) is 74.3 Å². The maximum Gasteiger partial charge on any atom is 0.242 e. The lowest BCUT2D eigenvalue weighted by Gasteiger charge is -2.36. The topological polar surface area (TPSA) is 48.8 Å². The van der Waals surface area contributed by atoms with E-state index in [1.165, 1.54) is 0 Å². The molecule has 1 aromatic heterocycles. The number of hydrogen-bond acceptors (Lipinski definition) is 5. The average Bonchev–Trinajstić information content (AvgIpc) is 3.25. The second-order valence-electron chi connectivity index (χ2n) is 11.7. The number of ether oxygens (including phenoxy) is 3. The van der Waals surface area contributed by atoms with Gasteiger partial charge in [-0.05, 0) is 91.8 Å². The Kier molecular flexibility index (Phi) is 8.88. The van der Waals surface area contributed by atoms with Gasteiger partial charge in [0.15, 0.2) is 12.5 Å². The van der Waals surface area contributed by atoms with Gasteiger partial charge in [-0.15, -0.1) is 5.10 Å². The molecule has 3 aliphatic rings. The van der Waals surface area contributed by atoms with Gasteiger partial charge in [0.05, 0.1) is 10.9 Å². The zero-order valence-corrected chi connectivity index (χ0v) is 24.5. The predicted octanol–water partition coefficient (Wildman–Crippen LogP) is 7.50. The Morgan fingerprint density at radius 3 is 2.38 bits per heavy atom. The number of fused-ring (bicyclic) bond motifs is 3. The summed E-state index contributed by atoms with van der Waals surface area (Å²) in [6.07, 6.45) is 3.34. The molecule has 2 aliphatic heterocycles. The van der Waals surface area contributed by atoms with Gasteiger partial charge in [-0.2, -0.15) is 4.39 Å². The van der Waals surface area contributed by atoms with E-state index in [9.17, 15) is 8.78 Å². The Labute approximate surface area is 245 Å². The van der Waals surface area contributed by atoms with Crippen LogP contribution in [0.4, 0.5) is 18.9 Å². The minimum absolute atomic E-state index is 0.191. The molecule has 6 rings (SSSR count). The number of hydrogen-bond donors (Lipinski definition) is 0. The first-order valence-corrected chi connectivity index (χ1v) is 15.2. The number of halogens is 3. The number of aryl methyl sites for hydroxylation is 1. The van der Waals surface area contributed by atoms with Crippen molar-refractivity contribution in [3.63, 3.8) is 0 Å². The number of benzene rings is 2. The van der Waals surface area contributed by atoms with E-state index in [0.29, 0.717) is 42.7 Å². The number of piperidine rings is 1. The van der Waals surface area contributed by atoms with Crippen LogP contribution in [-0.2, 0) is 20.6 Å². The fraction of sp³-hybridized carbons (Fsp3) is 0.545. The van der Waals surface area contributed by atoms with Crippen LogP contribution in [0.3, 0.4) is 0 Å². The normalized spacial score (nSPS) is 20.5. The highest BCUT2D eigenvalue weighted by Crippen LogP contribution is 2.42. The first-order chi connectivity index (χ1) is 20.5. The van der Waals surface area contributed by atoms with Crippen molar-refractivity contribution in [3.05, 3.63) is 64.6 Å². The maximum absolute atomic E-state index is 15.6. The summed E-state index contributed by atoms with van der Waals surface area (Å²) >= 11 is 0. The SMILES string of the molecule is COC(OC)C1CCN(c2ccc(C3=C(CC(F)F)CCCc4c3ccc3c4c(F)nn3C3CCCCO3)cc2)CC1. The van der Waals surface area contributed by atoms with E-state index >= 15 is 4.39 Å². The van der Waals surface area contributed by atoms with Gasteiger partial charge in [0.1, 0.15) is 0 Å². The minimum Gasteiger partial charge on any atom is -0.372 e.